The summed E-state index contributed by atoms with van der Waals surface area (Å²) < 4.78 is 0. The molecule has 0 spiro atoms. The molecule has 0 radical (unpaired) electrons. The Hall–Kier alpha value is -0.0800. The molecule has 1 rings (SSSR count). The summed E-state index contributed by atoms with van der Waals surface area (Å²) in [5, 5.41) is 3.52. The summed E-state index contributed by atoms with van der Waals surface area (Å²) >= 11 is 0. The standard InChI is InChI=1S/C11H24N2/c1-4-6-13-7-5-11(9-13)8-12-10(2)3/h10-12H,4-9H2,1-3H3. The van der Waals surface area contributed by atoms with Crippen molar-refractivity contribution in [3.63, 3.8) is 0 Å². The van der Waals surface area contributed by atoms with E-state index in [0.717, 1.165) is 5.92 Å². The molecule has 0 aromatic rings. The first-order valence-electron chi connectivity index (χ1n) is 5.68. The van der Waals surface area contributed by atoms with Crippen LogP contribution in [0.1, 0.15) is 33.6 Å². The van der Waals surface area contributed by atoms with E-state index in [1.165, 1.54) is 39.0 Å². The summed E-state index contributed by atoms with van der Waals surface area (Å²) in [5.74, 6) is 0.897. The quantitative estimate of drug-likeness (QED) is 0.700. The third-order valence-corrected chi connectivity index (χ3v) is 2.72. The maximum atomic E-state index is 3.52. The molecule has 0 aliphatic carbocycles. The van der Waals surface area contributed by atoms with Crippen molar-refractivity contribution >= 4 is 0 Å². The Labute approximate surface area is 82.7 Å². The molecule has 0 amide bonds. The number of hydrogen-bond acceptors (Lipinski definition) is 2. The second-order valence-corrected chi connectivity index (χ2v) is 4.52. The Balaban J connectivity index is 2.10. The molecule has 0 aromatic heterocycles. The van der Waals surface area contributed by atoms with Gasteiger partial charge in [-0.2, -0.15) is 0 Å². The number of rotatable bonds is 5. The molecule has 1 aliphatic rings. The molecule has 1 aliphatic heterocycles. The van der Waals surface area contributed by atoms with Gasteiger partial charge in [-0.25, -0.2) is 0 Å². The maximum Gasteiger partial charge on any atom is 0.00223 e. The first-order chi connectivity index (χ1) is 6.22. The van der Waals surface area contributed by atoms with Crippen LogP contribution in [0.3, 0.4) is 0 Å². The van der Waals surface area contributed by atoms with Crippen LogP contribution in [0.5, 0.6) is 0 Å². The molecule has 0 saturated carbocycles. The zero-order chi connectivity index (χ0) is 9.68. The number of likely N-dealkylation sites (tertiary alicyclic amines) is 1. The van der Waals surface area contributed by atoms with Gasteiger partial charge in [0.1, 0.15) is 0 Å². The zero-order valence-corrected chi connectivity index (χ0v) is 9.34. The largest absolute Gasteiger partial charge is 0.314 e. The minimum absolute atomic E-state index is 0.639. The van der Waals surface area contributed by atoms with Gasteiger partial charge in [-0.15, -0.1) is 0 Å². The highest BCUT2D eigenvalue weighted by Crippen LogP contribution is 2.15. The third-order valence-electron chi connectivity index (χ3n) is 2.72. The van der Waals surface area contributed by atoms with Crippen molar-refractivity contribution in [3.05, 3.63) is 0 Å². The predicted octanol–water partition coefficient (Wildman–Crippen LogP) is 1.72. The van der Waals surface area contributed by atoms with E-state index in [9.17, 15) is 0 Å². The average molecular weight is 184 g/mol. The Morgan fingerprint density at radius 3 is 2.85 bits per heavy atom. The summed E-state index contributed by atoms with van der Waals surface area (Å²) in [6, 6.07) is 0.639. The topological polar surface area (TPSA) is 15.3 Å². The summed E-state index contributed by atoms with van der Waals surface area (Å²) in [4.78, 5) is 2.59. The van der Waals surface area contributed by atoms with Crippen LogP contribution in [0.4, 0.5) is 0 Å². The fourth-order valence-electron chi connectivity index (χ4n) is 2.00. The van der Waals surface area contributed by atoms with Gasteiger partial charge in [0.2, 0.25) is 0 Å². The summed E-state index contributed by atoms with van der Waals surface area (Å²) in [5.41, 5.74) is 0. The molecule has 1 unspecified atom stereocenters. The maximum absolute atomic E-state index is 3.52. The lowest BCUT2D eigenvalue weighted by Gasteiger charge is -2.16. The van der Waals surface area contributed by atoms with E-state index in [1.54, 1.807) is 0 Å². The number of nitrogens with zero attached hydrogens (tertiary/aromatic N) is 1. The summed E-state index contributed by atoms with van der Waals surface area (Å²) in [6.45, 7) is 11.8. The van der Waals surface area contributed by atoms with E-state index >= 15 is 0 Å². The van der Waals surface area contributed by atoms with Crippen molar-refractivity contribution < 1.29 is 0 Å². The van der Waals surface area contributed by atoms with Gasteiger partial charge in [0.25, 0.3) is 0 Å². The molecule has 1 N–H and O–H groups in total. The number of nitrogens with one attached hydrogen (secondary N) is 1. The van der Waals surface area contributed by atoms with E-state index in [4.69, 9.17) is 0 Å². The van der Waals surface area contributed by atoms with Crippen LogP contribution in [0, 0.1) is 5.92 Å². The van der Waals surface area contributed by atoms with Gasteiger partial charge in [0.05, 0.1) is 0 Å². The van der Waals surface area contributed by atoms with Crippen LogP contribution in [0.2, 0.25) is 0 Å². The van der Waals surface area contributed by atoms with Crippen LogP contribution in [-0.4, -0.2) is 37.1 Å². The fraction of sp³-hybridized carbons (Fsp3) is 1.00. The molecule has 1 saturated heterocycles. The summed E-state index contributed by atoms with van der Waals surface area (Å²) in [7, 11) is 0. The molecular weight excluding hydrogens is 160 g/mol. The van der Waals surface area contributed by atoms with Crippen molar-refractivity contribution in [1.29, 1.82) is 0 Å². The summed E-state index contributed by atoms with van der Waals surface area (Å²) in [6.07, 6.45) is 2.68. The minimum Gasteiger partial charge on any atom is -0.314 e. The lowest BCUT2D eigenvalue weighted by molar-refractivity contribution is 0.320. The minimum atomic E-state index is 0.639. The molecule has 78 valence electrons. The highest BCUT2D eigenvalue weighted by molar-refractivity contribution is 4.77. The molecule has 13 heavy (non-hydrogen) atoms. The third kappa shape index (κ3) is 4.10. The second kappa shape index (κ2) is 5.61. The Kier molecular flexibility index (Phi) is 4.74. The van der Waals surface area contributed by atoms with Gasteiger partial charge in [-0.1, -0.05) is 20.8 Å². The number of hydrogen-bond donors (Lipinski definition) is 1. The van der Waals surface area contributed by atoms with E-state index in [-0.39, 0.29) is 0 Å². The fourth-order valence-corrected chi connectivity index (χ4v) is 2.00. The van der Waals surface area contributed by atoms with Crippen molar-refractivity contribution in [3.8, 4) is 0 Å². The molecule has 2 nitrogen and oxygen atoms in total. The van der Waals surface area contributed by atoms with E-state index in [0.29, 0.717) is 6.04 Å². The first kappa shape index (κ1) is 11.0. The molecule has 0 aromatic carbocycles. The molecule has 2 heteroatoms. The van der Waals surface area contributed by atoms with E-state index < -0.39 is 0 Å². The SMILES string of the molecule is CCCN1CCC(CNC(C)C)C1. The normalized spacial score (nSPS) is 24.5. The highest BCUT2D eigenvalue weighted by Gasteiger charge is 2.21. The van der Waals surface area contributed by atoms with Crippen LogP contribution in [-0.2, 0) is 0 Å². The Bertz CT molecular complexity index is 134. The van der Waals surface area contributed by atoms with Crippen molar-refractivity contribution in [1.82, 2.24) is 10.2 Å². The van der Waals surface area contributed by atoms with E-state index in [2.05, 4.69) is 31.0 Å². The average Bonchev–Trinajstić information content (AvgIpc) is 2.50. The van der Waals surface area contributed by atoms with Crippen LogP contribution in [0.25, 0.3) is 0 Å². The van der Waals surface area contributed by atoms with Gasteiger partial charge in [-0.3, -0.25) is 0 Å². The molecule has 0 bridgehead atoms. The van der Waals surface area contributed by atoms with Crippen molar-refractivity contribution in [2.75, 3.05) is 26.2 Å². The second-order valence-electron chi connectivity index (χ2n) is 4.52. The van der Waals surface area contributed by atoms with Gasteiger partial charge in [0, 0.05) is 12.6 Å². The highest BCUT2D eigenvalue weighted by atomic mass is 15.1. The van der Waals surface area contributed by atoms with Crippen LogP contribution >= 0.6 is 0 Å². The Morgan fingerprint density at radius 1 is 1.46 bits per heavy atom. The van der Waals surface area contributed by atoms with Gasteiger partial charge >= 0.3 is 0 Å². The van der Waals surface area contributed by atoms with Crippen LogP contribution in [0.15, 0.2) is 0 Å². The van der Waals surface area contributed by atoms with Gasteiger partial charge < -0.3 is 10.2 Å². The molecular formula is C11H24N2. The predicted molar refractivity (Wildman–Crippen MR) is 58.0 cm³/mol. The van der Waals surface area contributed by atoms with Crippen molar-refractivity contribution in [2.45, 2.75) is 39.7 Å². The van der Waals surface area contributed by atoms with Gasteiger partial charge in [0.15, 0.2) is 0 Å². The molecule has 1 fully saturated rings. The lowest BCUT2D eigenvalue weighted by atomic mass is 10.1. The molecule has 1 atom stereocenters. The monoisotopic (exact) mass is 184 g/mol. The van der Waals surface area contributed by atoms with Gasteiger partial charge in [-0.05, 0) is 38.4 Å². The van der Waals surface area contributed by atoms with Crippen molar-refractivity contribution in [2.24, 2.45) is 5.92 Å². The smallest absolute Gasteiger partial charge is 0.00223 e. The first-order valence-corrected chi connectivity index (χ1v) is 5.68. The van der Waals surface area contributed by atoms with Crippen LogP contribution < -0.4 is 5.32 Å². The zero-order valence-electron chi connectivity index (χ0n) is 9.34. The molecule has 1 heterocycles. The van der Waals surface area contributed by atoms with E-state index in [1.807, 2.05) is 0 Å². The lowest BCUT2D eigenvalue weighted by Crippen LogP contribution is -2.30. The Morgan fingerprint density at radius 2 is 2.23 bits per heavy atom.